The van der Waals surface area contributed by atoms with Crippen molar-refractivity contribution in [1.82, 2.24) is 5.32 Å². The molecule has 0 radical (unpaired) electrons. The first-order valence-corrected chi connectivity index (χ1v) is 29.3. The lowest BCUT2D eigenvalue weighted by Crippen LogP contribution is -2.45. The zero-order valence-electron chi connectivity index (χ0n) is 44.2. The van der Waals surface area contributed by atoms with Crippen LogP contribution in [0.5, 0.6) is 0 Å². The summed E-state index contributed by atoms with van der Waals surface area (Å²) < 4.78 is 5.43. The van der Waals surface area contributed by atoms with Crippen molar-refractivity contribution in [2.45, 2.75) is 321 Å². The third-order valence-electron chi connectivity index (χ3n) is 13.4. The lowest BCUT2D eigenvalue weighted by Gasteiger charge is -2.20. The van der Waals surface area contributed by atoms with Crippen molar-refractivity contribution in [1.29, 1.82) is 0 Å². The van der Waals surface area contributed by atoms with Crippen LogP contribution in [0, 0.1) is 0 Å². The van der Waals surface area contributed by atoms with Crippen LogP contribution in [0.15, 0.2) is 36.5 Å². The molecule has 1 amide bonds. The maximum atomic E-state index is 12.5. The van der Waals surface area contributed by atoms with Crippen LogP contribution in [0.3, 0.4) is 0 Å². The number of hydrogen-bond acceptors (Lipinski definition) is 5. The highest BCUT2D eigenvalue weighted by Crippen LogP contribution is 2.17. The SMILES string of the molecule is CCCC/C=C\CCCCCCCC(=O)OCCCCCC/C=C\CCCCCCCCCC(=O)NC(CO)C(O)/C=C/CCCCCCCCCCCCCCCCCCCCCCC. The topological polar surface area (TPSA) is 95.9 Å². The van der Waals surface area contributed by atoms with E-state index in [-0.39, 0.29) is 18.5 Å². The molecule has 0 aliphatic rings. The molecule has 2 atom stereocenters. The summed E-state index contributed by atoms with van der Waals surface area (Å²) in [7, 11) is 0. The number of nitrogens with one attached hydrogen (secondary N) is 1. The summed E-state index contributed by atoms with van der Waals surface area (Å²) in [6, 6.07) is -0.641. The van der Waals surface area contributed by atoms with Gasteiger partial charge < -0.3 is 20.3 Å². The van der Waals surface area contributed by atoms with Crippen molar-refractivity contribution < 1.29 is 24.5 Å². The van der Waals surface area contributed by atoms with E-state index in [2.05, 4.69) is 43.5 Å². The number of rotatable bonds is 54. The highest BCUT2D eigenvalue weighted by Gasteiger charge is 2.18. The summed E-state index contributed by atoms with van der Waals surface area (Å²) in [6.07, 6.45) is 68.8. The van der Waals surface area contributed by atoms with Crippen molar-refractivity contribution in [2.75, 3.05) is 13.2 Å². The minimum absolute atomic E-state index is 0.0222. The van der Waals surface area contributed by atoms with E-state index in [0.717, 1.165) is 70.6 Å². The second-order valence-electron chi connectivity index (χ2n) is 20.0. The van der Waals surface area contributed by atoms with Crippen LogP contribution >= 0.6 is 0 Å². The van der Waals surface area contributed by atoms with E-state index >= 15 is 0 Å². The largest absolute Gasteiger partial charge is 0.466 e. The molecule has 0 aliphatic heterocycles. The van der Waals surface area contributed by atoms with Crippen LogP contribution < -0.4 is 5.32 Å². The summed E-state index contributed by atoms with van der Waals surface area (Å²) >= 11 is 0. The number of aliphatic hydroxyl groups excluding tert-OH is 2. The highest BCUT2D eigenvalue weighted by atomic mass is 16.5. The highest BCUT2D eigenvalue weighted by molar-refractivity contribution is 5.76. The van der Waals surface area contributed by atoms with Gasteiger partial charge in [0.25, 0.3) is 0 Å². The number of unbranched alkanes of at least 4 members (excludes halogenated alkanes) is 39. The minimum Gasteiger partial charge on any atom is -0.466 e. The van der Waals surface area contributed by atoms with E-state index in [1.807, 2.05) is 6.08 Å². The lowest BCUT2D eigenvalue weighted by atomic mass is 10.0. The zero-order chi connectivity index (χ0) is 47.9. The van der Waals surface area contributed by atoms with Crippen molar-refractivity contribution >= 4 is 11.9 Å². The molecule has 0 saturated heterocycles. The molecule has 0 aromatic rings. The van der Waals surface area contributed by atoms with Crippen molar-refractivity contribution in [2.24, 2.45) is 0 Å². The second kappa shape index (κ2) is 55.7. The minimum atomic E-state index is -0.856. The molecule has 3 N–H and O–H groups in total. The molecule has 388 valence electrons. The van der Waals surface area contributed by atoms with Gasteiger partial charge in [-0.3, -0.25) is 9.59 Å². The number of esters is 1. The normalized spacial score (nSPS) is 12.8. The van der Waals surface area contributed by atoms with Gasteiger partial charge in [-0.1, -0.05) is 256 Å². The summed E-state index contributed by atoms with van der Waals surface area (Å²) in [5, 5.41) is 23.2. The number of carbonyl (C=O) groups is 2. The molecule has 66 heavy (non-hydrogen) atoms. The average molecular weight is 929 g/mol. The Kier molecular flexibility index (Phi) is 54.1. The first-order chi connectivity index (χ1) is 32.5. The number of allylic oxidation sites excluding steroid dienone is 5. The molecule has 2 unspecified atom stereocenters. The molecule has 0 saturated carbocycles. The smallest absolute Gasteiger partial charge is 0.305 e. The van der Waals surface area contributed by atoms with Gasteiger partial charge in [-0.05, 0) is 77.0 Å². The number of ether oxygens (including phenoxy) is 1. The quantitative estimate of drug-likeness (QED) is 0.0321. The lowest BCUT2D eigenvalue weighted by molar-refractivity contribution is -0.143. The molecule has 0 aromatic carbocycles. The van der Waals surface area contributed by atoms with Crippen molar-refractivity contribution in [3.63, 3.8) is 0 Å². The van der Waals surface area contributed by atoms with Gasteiger partial charge in [0.15, 0.2) is 0 Å². The van der Waals surface area contributed by atoms with Crippen LogP contribution in [-0.4, -0.2) is 47.4 Å². The Hall–Kier alpha value is -1.92. The van der Waals surface area contributed by atoms with E-state index < -0.39 is 12.1 Å². The first kappa shape index (κ1) is 64.1. The van der Waals surface area contributed by atoms with Gasteiger partial charge >= 0.3 is 5.97 Å². The monoisotopic (exact) mass is 928 g/mol. The summed E-state index contributed by atoms with van der Waals surface area (Å²) in [4.78, 5) is 24.5. The Balaban J connectivity index is 3.52. The first-order valence-electron chi connectivity index (χ1n) is 29.3. The second-order valence-corrected chi connectivity index (χ2v) is 20.0. The summed E-state index contributed by atoms with van der Waals surface area (Å²) in [6.45, 7) is 4.84. The molecule has 0 fully saturated rings. The van der Waals surface area contributed by atoms with Crippen molar-refractivity contribution in [3.05, 3.63) is 36.5 Å². The van der Waals surface area contributed by atoms with E-state index in [4.69, 9.17) is 4.74 Å². The number of amides is 1. The Morgan fingerprint density at radius 1 is 0.409 bits per heavy atom. The Bertz CT molecular complexity index is 1070. The third kappa shape index (κ3) is 51.5. The maximum absolute atomic E-state index is 12.5. The molecule has 0 aliphatic carbocycles. The fraction of sp³-hybridized carbons (Fsp3) is 0.867. The van der Waals surface area contributed by atoms with Gasteiger partial charge in [0, 0.05) is 12.8 Å². The van der Waals surface area contributed by atoms with Gasteiger partial charge in [-0.2, -0.15) is 0 Å². The number of aliphatic hydroxyl groups is 2. The van der Waals surface area contributed by atoms with Crippen molar-refractivity contribution in [3.8, 4) is 0 Å². The Labute approximate surface area is 411 Å². The standard InChI is InChI=1S/C60H113NO5/c1-3-5-7-9-11-13-15-16-17-18-19-20-21-22-23-24-26-29-33-36-40-44-48-52-58(63)57(56-62)61-59(64)53-49-45-41-37-34-30-27-25-28-31-35-39-43-47-51-55-66-60(65)54-50-46-42-38-32-14-12-10-8-6-4-2/h10,12,28,31,48,52,57-58,62-63H,3-9,11,13-27,29-30,32-47,49-51,53-56H2,1-2H3,(H,61,64)/b12-10-,31-28-,52-48+. The van der Waals surface area contributed by atoms with Gasteiger partial charge in [0.2, 0.25) is 5.91 Å². The predicted octanol–water partition coefficient (Wildman–Crippen LogP) is 18.0. The van der Waals surface area contributed by atoms with Gasteiger partial charge in [0.1, 0.15) is 0 Å². The Morgan fingerprint density at radius 3 is 1.12 bits per heavy atom. The van der Waals surface area contributed by atoms with E-state index in [9.17, 15) is 19.8 Å². The van der Waals surface area contributed by atoms with Crippen LogP contribution in [0.4, 0.5) is 0 Å². The van der Waals surface area contributed by atoms with Crippen LogP contribution in [0.25, 0.3) is 0 Å². The van der Waals surface area contributed by atoms with E-state index in [0.29, 0.717) is 19.4 Å². The van der Waals surface area contributed by atoms with Gasteiger partial charge in [0.05, 0.1) is 25.4 Å². The fourth-order valence-electron chi connectivity index (χ4n) is 8.84. The van der Waals surface area contributed by atoms with Crippen LogP contribution in [-0.2, 0) is 14.3 Å². The maximum Gasteiger partial charge on any atom is 0.305 e. The molecule has 0 spiro atoms. The molecule has 6 nitrogen and oxygen atoms in total. The summed E-state index contributed by atoms with van der Waals surface area (Å²) in [5.41, 5.74) is 0. The molecule has 0 bridgehead atoms. The molecule has 6 heteroatoms. The summed E-state index contributed by atoms with van der Waals surface area (Å²) in [5.74, 6) is -0.104. The molecule has 0 heterocycles. The Morgan fingerprint density at radius 2 is 0.727 bits per heavy atom. The molecule has 0 rings (SSSR count). The number of hydrogen-bond donors (Lipinski definition) is 3. The number of carbonyl (C=O) groups excluding carboxylic acids is 2. The predicted molar refractivity (Wildman–Crippen MR) is 287 cm³/mol. The van der Waals surface area contributed by atoms with E-state index in [1.165, 1.54) is 212 Å². The van der Waals surface area contributed by atoms with Crippen LogP contribution in [0.2, 0.25) is 0 Å². The van der Waals surface area contributed by atoms with E-state index in [1.54, 1.807) is 6.08 Å². The van der Waals surface area contributed by atoms with Crippen LogP contribution in [0.1, 0.15) is 309 Å². The molecule has 0 aromatic heterocycles. The third-order valence-corrected chi connectivity index (χ3v) is 13.4. The van der Waals surface area contributed by atoms with Gasteiger partial charge in [-0.25, -0.2) is 0 Å². The van der Waals surface area contributed by atoms with Gasteiger partial charge in [-0.15, -0.1) is 0 Å². The average Bonchev–Trinajstić information content (AvgIpc) is 3.32. The fourth-order valence-corrected chi connectivity index (χ4v) is 8.84. The molecular weight excluding hydrogens is 815 g/mol. The zero-order valence-corrected chi connectivity index (χ0v) is 44.2. The molecular formula is C60H113NO5.